The van der Waals surface area contributed by atoms with Crippen LogP contribution in [-0.2, 0) is 11.2 Å². The lowest BCUT2D eigenvalue weighted by Crippen LogP contribution is -2.32. The SMILES string of the molecule is CCN(CC)CCOc1ccccc1NC(=O)C1COc2ccccc2C1. The molecule has 1 aliphatic rings. The van der Waals surface area contributed by atoms with Crippen molar-refractivity contribution in [3.05, 3.63) is 54.1 Å². The zero-order chi connectivity index (χ0) is 19.1. The molecule has 2 aromatic rings. The summed E-state index contributed by atoms with van der Waals surface area (Å²) in [6.45, 7) is 8.14. The number of rotatable bonds is 8. The predicted octanol–water partition coefficient (Wildman–Crippen LogP) is 3.60. The summed E-state index contributed by atoms with van der Waals surface area (Å²) in [6, 6.07) is 15.5. The van der Waals surface area contributed by atoms with Crippen molar-refractivity contribution in [2.24, 2.45) is 5.92 Å². The van der Waals surface area contributed by atoms with E-state index in [0.29, 0.717) is 31.1 Å². The maximum absolute atomic E-state index is 12.7. The molecule has 0 bridgehead atoms. The number of hydrogen-bond donors (Lipinski definition) is 1. The van der Waals surface area contributed by atoms with Crippen molar-refractivity contribution in [1.82, 2.24) is 4.90 Å². The van der Waals surface area contributed by atoms with E-state index in [0.717, 1.165) is 30.9 Å². The molecule has 0 aromatic heterocycles. The molecule has 3 rings (SSSR count). The summed E-state index contributed by atoms with van der Waals surface area (Å²) in [6.07, 6.45) is 0.687. The molecule has 1 N–H and O–H groups in total. The Morgan fingerprint density at radius 2 is 1.89 bits per heavy atom. The summed E-state index contributed by atoms with van der Waals surface area (Å²) in [7, 11) is 0. The van der Waals surface area contributed by atoms with E-state index >= 15 is 0 Å². The molecule has 1 amide bonds. The number of nitrogens with zero attached hydrogens (tertiary/aromatic N) is 1. The summed E-state index contributed by atoms with van der Waals surface area (Å²) in [5.74, 6) is 1.34. The molecule has 0 radical (unpaired) electrons. The van der Waals surface area contributed by atoms with Crippen LogP contribution in [0.1, 0.15) is 19.4 Å². The number of carbonyl (C=O) groups excluding carboxylic acids is 1. The Kier molecular flexibility index (Phi) is 6.71. The van der Waals surface area contributed by atoms with Gasteiger partial charge in [0.25, 0.3) is 0 Å². The van der Waals surface area contributed by atoms with Crippen LogP contribution < -0.4 is 14.8 Å². The van der Waals surface area contributed by atoms with Gasteiger partial charge >= 0.3 is 0 Å². The molecule has 27 heavy (non-hydrogen) atoms. The summed E-state index contributed by atoms with van der Waals surface area (Å²) in [5, 5.41) is 3.02. The first kappa shape index (κ1) is 19.2. The van der Waals surface area contributed by atoms with E-state index in [2.05, 4.69) is 24.1 Å². The number of hydrogen-bond acceptors (Lipinski definition) is 4. The molecule has 0 saturated heterocycles. The van der Waals surface area contributed by atoms with Crippen LogP contribution >= 0.6 is 0 Å². The van der Waals surface area contributed by atoms with E-state index in [1.54, 1.807) is 0 Å². The standard InChI is InChI=1S/C22H28N2O3/c1-3-24(4-2)13-14-26-21-12-8-6-10-19(21)23-22(25)18-15-17-9-5-7-11-20(17)27-16-18/h5-12,18H,3-4,13-16H2,1-2H3,(H,23,25). The number of ether oxygens (including phenoxy) is 2. The molecule has 5 heteroatoms. The van der Waals surface area contributed by atoms with Crippen molar-refractivity contribution >= 4 is 11.6 Å². The van der Waals surface area contributed by atoms with Crippen LogP contribution in [0.15, 0.2) is 48.5 Å². The van der Waals surface area contributed by atoms with Crippen LogP contribution in [-0.4, -0.2) is 43.7 Å². The molecular weight excluding hydrogens is 340 g/mol. The second-order valence-corrected chi connectivity index (χ2v) is 6.68. The first-order valence-corrected chi connectivity index (χ1v) is 9.67. The number of likely N-dealkylation sites (N-methyl/N-ethyl adjacent to an activating group) is 1. The summed E-state index contributed by atoms with van der Waals surface area (Å²) >= 11 is 0. The number of nitrogens with one attached hydrogen (secondary N) is 1. The van der Waals surface area contributed by atoms with Crippen molar-refractivity contribution in [3.8, 4) is 11.5 Å². The minimum Gasteiger partial charge on any atom is -0.492 e. The van der Waals surface area contributed by atoms with E-state index in [4.69, 9.17) is 9.47 Å². The fourth-order valence-electron chi connectivity index (χ4n) is 3.25. The van der Waals surface area contributed by atoms with Crippen molar-refractivity contribution in [2.45, 2.75) is 20.3 Å². The van der Waals surface area contributed by atoms with Gasteiger partial charge < -0.3 is 19.7 Å². The van der Waals surface area contributed by atoms with Crippen molar-refractivity contribution < 1.29 is 14.3 Å². The number of amides is 1. The predicted molar refractivity (Wildman–Crippen MR) is 107 cm³/mol. The van der Waals surface area contributed by atoms with Gasteiger partial charge in [0, 0.05) is 6.54 Å². The average molecular weight is 368 g/mol. The Morgan fingerprint density at radius 1 is 1.15 bits per heavy atom. The summed E-state index contributed by atoms with van der Waals surface area (Å²) < 4.78 is 11.7. The number of fused-ring (bicyclic) bond motifs is 1. The Balaban J connectivity index is 1.60. The number of carbonyl (C=O) groups is 1. The Labute approximate surface area is 161 Å². The van der Waals surface area contributed by atoms with Gasteiger partial charge in [-0.05, 0) is 43.3 Å². The highest BCUT2D eigenvalue weighted by Gasteiger charge is 2.26. The fraction of sp³-hybridized carbons (Fsp3) is 0.409. The number of para-hydroxylation sites is 3. The normalized spacial score (nSPS) is 15.7. The molecule has 0 aliphatic carbocycles. The third-order valence-electron chi connectivity index (χ3n) is 4.95. The molecule has 0 saturated carbocycles. The van der Waals surface area contributed by atoms with E-state index in [9.17, 15) is 4.79 Å². The Hall–Kier alpha value is -2.53. The van der Waals surface area contributed by atoms with E-state index in [1.165, 1.54) is 0 Å². The molecule has 1 atom stereocenters. The third kappa shape index (κ3) is 5.01. The maximum atomic E-state index is 12.7. The van der Waals surface area contributed by atoms with Gasteiger partial charge in [0.15, 0.2) is 0 Å². The lowest BCUT2D eigenvalue weighted by atomic mass is 9.96. The van der Waals surface area contributed by atoms with E-state index < -0.39 is 0 Å². The lowest BCUT2D eigenvalue weighted by molar-refractivity contribution is -0.121. The fourth-order valence-corrected chi connectivity index (χ4v) is 3.25. The largest absolute Gasteiger partial charge is 0.492 e. The van der Waals surface area contributed by atoms with Crippen LogP contribution in [0.25, 0.3) is 0 Å². The van der Waals surface area contributed by atoms with Gasteiger partial charge in [-0.2, -0.15) is 0 Å². The van der Waals surface area contributed by atoms with Gasteiger partial charge in [-0.1, -0.05) is 44.2 Å². The Bertz CT molecular complexity index is 759. The van der Waals surface area contributed by atoms with Gasteiger partial charge in [0.05, 0.1) is 11.6 Å². The van der Waals surface area contributed by atoms with Gasteiger partial charge in [-0.3, -0.25) is 4.79 Å². The van der Waals surface area contributed by atoms with Gasteiger partial charge in [-0.15, -0.1) is 0 Å². The zero-order valence-electron chi connectivity index (χ0n) is 16.1. The number of benzene rings is 2. The van der Waals surface area contributed by atoms with Crippen LogP contribution in [0.2, 0.25) is 0 Å². The molecule has 0 spiro atoms. The van der Waals surface area contributed by atoms with E-state index in [-0.39, 0.29) is 11.8 Å². The van der Waals surface area contributed by atoms with Crippen molar-refractivity contribution in [1.29, 1.82) is 0 Å². The smallest absolute Gasteiger partial charge is 0.231 e. The number of anilines is 1. The average Bonchev–Trinajstić information content (AvgIpc) is 2.72. The molecule has 2 aromatic carbocycles. The monoisotopic (exact) mass is 368 g/mol. The molecule has 1 aliphatic heterocycles. The molecular formula is C22H28N2O3. The summed E-state index contributed by atoms with van der Waals surface area (Å²) in [5.41, 5.74) is 1.79. The highest BCUT2D eigenvalue weighted by atomic mass is 16.5. The third-order valence-corrected chi connectivity index (χ3v) is 4.95. The first-order chi connectivity index (χ1) is 13.2. The zero-order valence-corrected chi connectivity index (χ0v) is 16.1. The second-order valence-electron chi connectivity index (χ2n) is 6.68. The minimum absolute atomic E-state index is 0.0377. The molecule has 1 heterocycles. The second kappa shape index (κ2) is 9.42. The van der Waals surface area contributed by atoms with Crippen LogP contribution in [0.4, 0.5) is 5.69 Å². The van der Waals surface area contributed by atoms with Crippen molar-refractivity contribution in [2.75, 3.05) is 38.2 Å². The van der Waals surface area contributed by atoms with Gasteiger partial charge in [-0.25, -0.2) is 0 Å². The van der Waals surface area contributed by atoms with Gasteiger partial charge in [0.1, 0.15) is 24.7 Å². The van der Waals surface area contributed by atoms with E-state index in [1.807, 2.05) is 48.5 Å². The first-order valence-electron chi connectivity index (χ1n) is 9.67. The van der Waals surface area contributed by atoms with Gasteiger partial charge in [0.2, 0.25) is 5.91 Å². The topological polar surface area (TPSA) is 50.8 Å². The van der Waals surface area contributed by atoms with Crippen LogP contribution in [0, 0.1) is 5.92 Å². The molecule has 5 nitrogen and oxygen atoms in total. The molecule has 1 unspecified atom stereocenters. The molecule has 0 fully saturated rings. The maximum Gasteiger partial charge on any atom is 0.231 e. The highest BCUT2D eigenvalue weighted by molar-refractivity contribution is 5.94. The van der Waals surface area contributed by atoms with Crippen molar-refractivity contribution in [3.63, 3.8) is 0 Å². The lowest BCUT2D eigenvalue weighted by Gasteiger charge is -2.25. The Morgan fingerprint density at radius 3 is 2.70 bits per heavy atom. The molecule has 144 valence electrons. The highest BCUT2D eigenvalue weighted by Crippen LogP contribution is 2.29. The summed E-state index contributed by atoms with van der Waals surface area (Å²) in [4.78, 5) is 15.1. The van der Waals surface area contributed by atoms with Crippen LogP contribution in [0.3, 0.4) is 0 Å². The quantitative estimate of drug-likeness (QED) is 0.774. The van der Waals surface area contributed by atoms with Crippen LogP contribution in [0.5, 0.6) is 11.5 Å². The minimum atomic E-state index is -0.205.